The number of aryl methyl sites for hydroxylation is 1. The molecule has 0 aliphatic carbocycles. The molecular formula is C10H10Cl2N4O. The number of benzene rings is 1. The van der Waals surface area contributed by atoms with Crippen molar-refractivity contribution in [3.8, 4) is 5.69 Å². The van der Waals surface area contributed by atoms with Gasteiger partial charge in [0, 0.05) is 24.1 Å². The van der Waals surface area contributed by atoms with Gasteiger partial charge in [0.25, 0.3) is 0 Å². The lowest BCUT2D eigenvalue weighted by molar-refractivity contribution is 0.727. The summed E-state index contributed by atoms with van der Waals surface area (Å²) in [4.78, 5) is 11.9. The Balaban J connectivity index is 2.71. The Kier molecular flexibility index (Phi) is 3.13. The van der Waals surface area contributed by atoms with Crippen LogP contribution in [0.2, 0.25) is 10.0 Å². The molecule has 0 unspecified atom stereocenters. The summed E-state index contributed by atoms with van der Waals surface area (Å²) < 4.78 is 2.64. The minimum Gasteiger partial charge on any atom is -0.357 e. The van der Waals surface area contributed by atoms with E-state index < -0.39 is 0 Å². The Labute approximate surface area is 108 Å². The molecule has 0 amide bonds. The molecule has 5 nitrogen and oxygen atoms in total. The molecule has 0 fully saturated rings. The summed E-state index contributed by atoms with van der Waals surface area (Å²) in [5.74, 6) is 0.427. The van der Waals surface area contributed by atoms with E-state index in [0.29, 0.717) is 21.7 Å². The van der Waals surface area contributed by atoms with Gasteiger partial charge in [0.05, 0.1) is 5.69 Å². The van der Waals surface area contributed by atoms with E-state index in [1.807, 2.05) is 0 Å². The van der Waals surface area contributed by atoms with Crippen molar-refractivity contribution >= 4 is 29.2 Å². The van der Waals surface area contributed by atoms with Crippen molar-refractivity contribution in [2.75, 3.05) is 12.4 Å². The summed E-state index contributed by atoms with van der Waals surface area (Å²) >= 11 is 11.8. The van der Waals surface area contributed by atoms with Crippen molar-refractivity contribution < 1.29 is 0 Å². The first-order valence-corrected chi connectivity index (χ1v) is 5.59. The van der Waals surface area contributed by atoms with Crippen molar-refractivity contribution in [1.29, 1.82) is 0 Å². The van der Waals surface area contributed by atoms with E-state index in [0.717, 1.165) is 0 Å². The number of nitrogens with one attached hydrogen (secondary N) is 1. The summed E-state index contributed by atoms with van der Waals surface area (Å²) in [6, 6.07) is 4.90. The minimum atomic E-state index is -0.271. The molecule has 0 radical (unpaired) electrons. The number of nitrogens with zero attached hydrogens (tertiary/aromatic N) is 3. The number of hydrogen-bond acceptors (Lipinski definition) is 3. The van der Waals surface area contributed by atoms with Gasteiger partial charge in [-0.1, -0.05) is 23.2 Å². The maximum absolute atomic E-state index is 11.9. The highest BCUT2D eigenvalue weighted by Crippen LogP contribution is 2.22. The maximum Gasteiger partial charge on any atom is 0.351 e. The van der Waals surface area contributed by atoms with Gasteiger partial charge in [-0.15, -0.1) is 5.10 Å². The summed E-state index contributed by atoms with van der Waals surface area (Å²) in [6.07, 6.45) is 0. The van der Waals surface area contributed by atoms with Gasteiger partial charge in [-0.25, -0.2) is 14.0 Å². The van der Waals surface area contributed by atoms with Gasteiger partial charge in [0.15, 0.2) is 0 Å². The molecular weight excluding hydrogens is 263 g/mol. The molecule has 1 N–H and O–H groups in total. The third-order valence-corrected chi connectivity index (χ3v) is 2.69. The highest BCUT2D eigenvalue weighted by molar-refractivity contribution is 6.34. The minimum absolute atomic E-state index is 0.271. The van der Waals surface area contributed by atoms with E-state index >= 15 is 0 Å². The monoisotopic (exact) mass is 272 g/mol. The number of aromatic nitrogens is 3. The molecule has 1 aromatic heterocycles. The van der Waals surface area contributed by atoms with Crippen LogP contribution in [0.3, 0.4) is 0 Å². The van der Waals surface area contributed by atoms with Gasteiger partial charge >= 0.3 is 5.69 Å². The summed E-state index contributed by atoms with van der Waals surface area (Å²) in [7, 11) is 3.26. The van der Waals surface area contributed by atoms with Crippen LogP contribution in [0.1, 0.15) is 0 Å². The number of anilines is 1. The van der Waals surface area contributed by atoms with E-state index in [1.165, 1.54) is 9.25 Å². The van der Waals surface area contributed by atoms with Gasteiger partial charge in [-0.3, -0.25) is 0 Å². The van der Waals surface area contributed by atoms with Crippen LogP contribution < -0.4 is 11.0 Å². The molecule has 0 atom stereocenters. The van der Waals surface area contributed by atoms with E-state index in [4.69, 9.17) is 23.2 Å². The standard InChI is InChI=1S/C10H10Cl2N4O/c1-13-9-14-15(2)10(17)16(9)8-4-6(11)3-7(12)5-8/h3-5H,1-2H3,(H,13,14). The SMILES string of the molecule is CNc1nn(C)c(=O)n1-c1cc(Cl)cc(Cl)c1. The van der Waals surface area contributed by atoms with Crippen LogP contribution in [0, 0.1) is 0 Å². The third-order valence-electron chi connectivity index (χ3n) is 2.25. The van der Waals surface area contributed by atoms with Crippen LogP contribution >= 0.6 is 23.2 Å². The molecule has 0 saturated carbocycles. The Bertz CT molecular complexity index is 597. The molecule has 0 aliphatic heterocycles. The van der Waals surface area contributed by atoms with Gasteiger partial charge < -0.3 is 5.32 Å². The fraction of sp³-hybridized carbons (Fsp3) is 0.200. The number of hydrogen-bond donors (Lipinski definition) is 1. The Hall–Kier alpha value is -1.46. The zero-order valence-electron chi connectivity index (χ0n) is 9.24. The van der Waals surface area contributed by atoms with Gasteiger partial charge in [-0.2, -0.15) is 0 Å². The van der Waals surface area contributed by atoms with Crippen LogP contribution in [-0.2, 0) is 7.05 Å². The molecule has 2 aromatic rings. The highest BCUT2D eigenvalue weighted by atomic mass is 35.5. The third kappa shape index (κ3) is 2.16. The lowest BCUT2D eigenvalue weighted by atomic mass is 10.3. The molecule has 17 heavy (non-hydrogen) atoms. The summed E-state index contributed by atoms with van der Waals surface area (Å²) in [6.45, 7) is 0. The molecule has 0 bridgehead atoms. The molecule has 90 valence electrons. The normalized spacial score (nSPS) is 10.6. The fourth-order valence-corrected chi connectivity index (χ4v) is 2.04. The molecule has 2 rings (SSSR count). The largest absolute Gasteiger partial charge is 0.357 e. The van der Waals surface area contributed by atoms with Crippen LogP contribution in [0.5, 0.6) is 0 Å². The molecule has 0 saturated heterocycles. The first-order valence-electron chi connectivity index (χ1n) is 4.83. The zero-order chi connectivity index (χ0) is 12.6. The van der Waals surface area contributed by atoms with Crippen molar-refractivity contribution in [1.82, 2.24) is 14.3 Å². The van der Waals surface area contributed by atoms with Crippen molar-refractivity contribution in [3.05, 3.63) is 38.7 Å². The lowest BCUT2D eigenvalue weighted by Crippen LogP contribution is -2.21. The topological polar surface area (TPSA) is 51.9 Å². The quantitative estimate of drug-likeness (QED) is 0.909. The summed E-state index contributed by atoms with van der Waals surface area (Å²) in [5, 5.41) is 7.80. The second kappa shape index (κ2) is 4.43. The van der Waals surface area contributed by atoms with Gasteiger partial charge in [0.2, 0.25) is 5.95 Å². The molecule has 1 heterocycles. The van der Waals surface area contributed by atoms with E-state index in [1.54, 1.807) is 32.3 Å². The Morgan fingerprint density at radius 3 is 2.35 bits per heavy atom. The Morgan fingerprint density at radius 1 is 1.24 bits per heavy atom. The molecule has 0 aliphatic rings. The average molecular weight is 273 g/mol. The van der Waals surface area contributed by atoms with Crippen molar-refractivity contribution in [2.24, 2.45) is 7.05 Å². The molecule has 1 aromatic carbocycles. The number of rotatable bonds is 2. The zero-order valence-corrected chi connectivity index (χ0v) is 10.7. The van der Waals surface area contributed by atoms with Crippen LogP contribution in [-0.4, -0.2) is 21.4 Å². The van der Waals surface area contributed by atoms with E-state index in [2.05, 4.69) is 10.4 Å². The second-order valence-electron chi connectivity index (χ2n) is 3.44. The van der Waals surface area contributed by atoms with E-state index in [-0.39, 0.29) is 5.69 Å². The Morgan fingerprint density at radius 2 is 1.82 bits per heavy atom. The van der Waals surface area contributed by atoms with Crippen LogP contribution in [0.25, 0.3) is 5.69 Å². The molecule has 0 spiro atoms. The average Bonchev–Trinajstić information content (AvgIpc) is 2.53. The number of halogens is 2. The van der Waals surface area contributed by atoms with Crippen LogP contribution in [0.15, 0.2) is 23.0 Å². The fourth-order valence-electron chi connectivity index (χ4n) is 1.53. The van der Waals surface area contributed by atoms with Gasteiger partial charge in [-0.05, 0) is 18.2 Å². The lowest BCUT2D eigenvalue weighted by Gasteiger charge is -2.05. The predicted octanol–water partition coefficient (Wildman–Crippen LogP) is 1.92. The van der Waals surface area contributed by atoms with Gasteiger partial charge in [0.1, 0.15) is 0 Å². The van der Waals surface area contributed by atoms with Crippen molar-refractivity contribution in [2.45, 2.75) is 0 Å². The maximum atomic E-state index is 11.9. The second-order valence-corrected chi connectivity index (χ2v) is 4.32. The highest BCUT2D eigenvalue weighted by Gasteiger charge is 2.12. The van der Waals surface area contributed by atoms with E-state index in [9.17, 15) is 4.79 Å². The molecule has 7 heteroatoms. The smallest absolute Gasteiger partial charge is 0.351 e. The van der Waals surface area contributed by atoms with Crippen molar-refractivity contribution in [3.63, 3.8) is 0 Å². The first-order chi connectivity index (χ1) is 8.02. The van der Waals surface area contributed by atoms with Crippen LogP contribution in [0.4, 0.5) is 5.95 Å². The summed E-state index contributed by atoms with van der Waals surface area (Å²) in [5.41, 5.74) is 0.303. The predicted molar refractivity (Wildman–Crippen MR) is 68.4 cm³/mol. The first kappa shape index (κ1) is 12.0.